The van der Waals surface area contributed by atoms with Crippen LogP contribution >= 0.6 is 0 Å². The number of carbonyl (C=O) groups is 1. The van der Waals surface area contributed by atoms with Crippen molar-refractivity contribution < 1.29 is 34.3 Å². The lowest BCUT2D eigenvalue weighted by Crippen LogP contribution is -2.43. The lowest BCUT2D eigenvalue weighted by Gasteiger charge is -2.32. The van der Waals surface area contributed by atoms with E-state index < -0.39 is 35.6 Å². The van der Waals surface area contributed by atoms with Gasteiger partial charge in [0.15, 0.2) is 0 Å². The minimum Gasteiger partial charge on any atom is -0.460 e. The number of esters is 1. The van der Waals surface area contributed by atoms with Crippen LogP contribution in [-0.2, 0) is 19.0 Å². The second-order valence-corrected chi connectivity index (χ2v) is 12.2. The first kappa shape index (κ1) is 34.3. The highest BCUT2D eigenvalue weighted by molar-refractivity contribution is 5.69. The summed E-state index contributed by atoms with van der Waals surface area (Å²) in [6.45, 7) is 10.2. The Labute approximate surface area is 226 Å². The van der Waals surface area contributed by atoms with E-state index >= 15 is 0 Å². The van der Waals surface area contributed by atoms with E-state index in [1.165, 1.54) is 70.6 Å². The van der Waals surface area contributed by atoms with Crippen LogP contribution in [0.4, 0.5) is 0 Å². The highest BCUT2D eigenvalue weighted by Crippen LogP contribution is 2.26. The summed E-state index contributed by atoms with van der Waals surface area (Å²) in [4.78, 5) is 12.3. The van der Waals surface area contributed by atoms with Crippen molar-refractivity contribution in [1.82, 2.24) is 0 Å². The van der Waals surface area contributed by atoms with Crippen molar-refractivity contribution in [2.45, 2.75) is 173 Å². The highest BCUT2D eigenvalue weighted by atomic mass is 16.6. The molecule has 0 aromatic carbocycles. The molecule has 0 aliphatic carbocycles. The molecule has 1 heterocycles. The van der Waals surface area contributed by atoms with Gasteiger partial charge in [-0.15, -0.1) is 0 Å². The predicted molar refractivity (Wildman–Crippen MR) is 148 cm³/mol. The van der Waals surface area contributed by atoms with Gasteiger partial charge in [-0.2, -0.15) is 0 Å². The van der Waals surface area contributed by atoms with E-state index in [2.05, 4.69) is 6.92 Å². The third-order valence-corrected chi connectivity index (χ3v) is 7.34. The van der Waals surface area contributed by atoms with Crippen LogP contribution in [0.25, 0.3) is 0 Å². The summed E-state index contributed by atoms with van der Waals surface area (Å²) < 4.78 is 17.0. The number of aliphatic hydroxyl groups excluding tert-OH is 3. The first-order valence-electron chi connectivity index (χ1n) is 15.0. The zero-order valence-electron chi connectivity index (χ0n) is 24.5. The van der Waals surface area contributed by atoms with Crippen LogP contribution in [0.2, 0.25) is 0 Å². The average Bonchev–Trinajstić information content (AvgIpc) is 3.14. The minimum atomic E-state index is -1.10. The maximum absolute atomic E-state index is 12.3. The van der Waals surface area contributed by atoms with Gasteiger partial charge in [0, 0.05) is 19.3 Å². The smallest absolute Gasteiger partial charge is 0.306 e. The zero-order chi connectivity index (χ0) is 27.7. The largest absolute Gasteiger partial charge is 0.460 e. The van der Waals surface area contributed by atoms with Gasteiger partial charge in [0.1, 0.15) is 23.9 Å². The lowest BCUT2D eigenvalue weighted by molar-refractivity contribution is -0.160. The number of rotatable bonds is 22. The molecule has 0 spiro atoms. The Balaban J connectivity index is 2.08. The lowest BCUT2D eigenvalue weighted by atomic mass is 9.94. The summed E-state index contributed by atoms with van der Waals surface area (Å²) in [5, 5.41) is 30.0. The molecule has 1 saturated heterocycles. The van der Waals surface area contributed by atoms with Crippen molar-refractivity contribution in [1.29, 1.82) is 0 Å². The monoisotopic (exact) mass is 530 g/mol. The third-order valence-electron chi connectivity index (χ3n) is 7.34. The zero-order valence-corrected chi connectivity index (χ0v) is 24.5. The number of ether oxygens (including phenoxy) is 3. The van der Waals surface area contributed by atoms with Gasteiger partial charge in [0.25, 0.3) is 0 Å². The standard InChI is InChI=1S/C30H58O7/c1-6-7-8-9-10-11-12-13-14-15-16-17-18-19-26(33)37-29(2,3)20-21-36-30(4,5)22-24(31)28-27(34)25(32)23-35-28/h24-25,27-28,31-32,34H,6-23H2,1-5H3. The topological polar surface area (TPSA) is 105 Å². The van der Waals surface area contributed by atoms with E-state index in [1.807, 2.05) is 27.7 Å². The van der Waals surface area contributed by atoms with Gasteiger partial charge in [0.05, 0.1) is 24.9 Å². The predicted octanol–water partition coefficient (Wildman–Crippen LogP) is 5.85. The minimum absolute atomic E-state index is 0.0169. The Morgan fingerprint density at radius 3 is 1.86 bits per heavy atom. The molecule has 1 fully saturated rings. The number of carbonyl (C=O) groups excluding carboxylic acids is 1. The molecule has 4 unspecified atom stereocenters. The van der Waals surface area contributed by atoms with Gasteiger partial charge < -0.3 is 29.5 Å². The maximum Gasteiger partial charge on any atom is 0.306 e. The van der Waals surface area contributed by atoms with E-state index in [9.17, 15) is 20.1 Å². The molecule has 1 aliphatic heterocycles. The first-order valence-corrected chi connectivity index (χ1v) is 15.0. The van der Waals surface area contributed by atoms with Gasteiger partial charge in [0.2, 0.25) is 0 Å². The molecule has 7 heteroatoms. The van der Waals surface area contributed by atoms with Crippen LogP contribution in [-0.4, -0.2) is 70.1 Å². The summed E-state index contributed by atoms with van der Waals surface area (Å²) in [5.41, 5.74) is -1.29. The molecule has 0 radical (unpaired) electrons. The van der Waals surface area contributed by atoms with Gasteiger partial charge in [-0.25, -0.2) is 0 Å². The fraction of sp³-hybridized carbons (Fsp3) is 0.967. The fourth-order valence-electron chi connectivity index (χ4n) is 4.91. The number of hydrogen-bond donors (Lipinski definition) is 3. The molecule has 0 aromatic rings. The van der Waals surface area contributed by atoms with Crippen molar-refractivity contribution >= 4 is 5.97 Å². The normalized spacial score (nSPS) is 21.4. The molecule has 37 heavy (non-hydrogen) atoms. The molecular weight excluding hydrogens is 472 g/mol. The van der Waals surface area contributed by atoms with Crippen molar-refractivity contribution in [3.05, 3.63) is 0 Å². The SMILES string of the molecule is CCCCCCCCCCCCCCCC(=O)OC(C)(C)CCOC(C)(C)CC(O)C1OCC(O)C1O. The van der Waals surface area contributed by atoms with Gasteiger partial charge in [-0.3, -0.25) is 4.79 Å². The molecule has 4 atom stereocenters. The van der Waals surface area contributed by atoms with Crippen molar-refractivity contribution in [2.24, 2.45) is 0 Å². The summed E-state index contributed by atoms with van der Waals surface area (Å²) in [6, 6.07) is 0. The highest BCUT2D eigenvalue weighted by Gasteiger charge is 2.41. The van der Waals surface area contributed by atoms with Crippen LogP contribution in [0.5, 0.6) is 0 Å². The number of aliphatic hydroxyl groups is 3. The van der Waals surface area contributed by atoms with Crippen LogP contribution < -0.4 is 0 Å². The maximum atomic E-state index is 12.3. The molecule has 220 valence electrons. The first-order chi connectivity index (χ1) is 17.5. The molecular formula is C30H58O7. The summed E-state index contributed by atoms with van der Waals surface area (Å²) in [6.07, 6.45) is 14.0. The van der Waals surface area contributed by atoms with E-state index in [0.29, 0.717) is 19.4 Å². The summed E-state index contributed by atoms with van der Waals surface area (Å²) in [7, 11) is 0. The number of unbranched alkanes of at least 4 members (excludes halogenated alkanes) is 12. The van der Waals surface area contributed by atoms with Crippen molar-refractivity contribution in [3.63, 3.8) is 0 Å². The van der Waals surface area contributed by atoms with Crippen molar-refractivity contribution in [3.8, 4) is 0 Å². The van der Waals surface area contributed by atoms with Crippen LogP contribution in [0.3, 0.4) is 0 Å². The second kappa shape index (κ2) is 18.5. The molecule has 0 amide bonds. The van der Waals surface area contributed by atoms with Crippen LogP contribution in [0.15, 0.2) is 0 Å². The Bertz CT molecular complexity index is 592. The molecule has 0 bridgehead atoms. The van der Waals surface area contributed by atoms with Gasteiger partial charge >= 0.3 is 5.97 Å². The fourth-order valence-corrected chi connectivity index (χ4v) is 4.91. The van der Waals surface area contributed by atoms with Gasteiger partial charge in [-0.1, -0.05) is 84.0 Å². The molecule has 0 aromatic heterocycles. The third kappa shape index (κ3) is 16.1. The Hall–Kier alpha value is -0.730. The van der Waals surface area contributed by atoms with Crippen LogP contribution in [0.1, 0.15) is 137 Å². The Morgan fingerprint density at radius 1 is 0.865 bits per heavy atom. The number of hydrogen-bond acceptors (Lipinski definition) is 7. The second-order valence-electron chi connectivity index (χ2n) is 12.2. The molecule has 1 aliphatic rings. The van der Waals surface area contributed by atoms with Crippen LogP contribution in [0, 0.1) is 0 Å². The van der Waals surface area contributed by atoms with E-state index in [4.69, 9.17) is 14.2 Å². The van der Waals surface area contributed by atoms with E-state index in [-0.39, 0.29) is 19.0 Å². The molecule has 0 saturated carbocycles. The van der Waals surface area contributed by atoms with E-state index in [0.717, 1.165) is 12.8 Å². The summed E-state index contributed by atoms with van der Waals surface area (Å²) >= 11 is 0. The Kier molecular flexibility index (Phi) is 17.2. The molecule has 3 N–H and O–H groups in total. The quantitative estimate of drug-likeness (QED) is 0.119. The molecule has 7 nitrogen and oxygen atoms in total. The van der Waals surface area contributed by atoms with E-state index in [1.54, 1.807) is 0 Å². The average molecular weight is 531 g/mol. The Morgan fingerprint density at radius 2 is 1.38 bits per heavy atom. The summed E-state index contributed by atoms with van der Waals surface area (Å²) in [5.74, 6) is -0.159. The molecule has 1 rings (SSSR count). The van der Waals surface area contributed by atoms with Gasteiger partial charge in [-0.05, 0) is 34.1 Å². The van der Waals surface area contributed by atoms with Crippen molar-refractivity contribution in [2.75, 3.05) is 13.2 Å².